The molecule has 0 amide bonds. The Hall–Kier alpha value is -0.510. The summed E-state index contributed by atoms with van der Waals surface area (Å²) in [5, 5.41) is 0. The van der Waals surface area contributed by atoms with E-state index in [1.807, 2.05) is 0 Å². The third kappa shape index (κ3) is 2.56. The van der Waals surface area contributed by atoms with Crippen molar-refractivity contribution in [3.63, 3.8) is 0 Å². The maximum absolute atomic E-state index is 5.84. The van der Waals surface area contributed by atoms with Gasteiger partial charge in [0.2, 0.25) is 0 Å². The quantitative estimate of drug-likeness (QED) is 0.650. The van der Waals surface area contributed by atoms with Crippen molar-refractivity contribution in [3.05, 3.63) is 35.4 Å². The molecule has 2 fully saturated rings. The minimum Gasteiger partial charge on any atom is -0.271 e. The van der Waals surface area contributed by atoms with Gasteiger partial charge in [-0.15, -0.1) is 0 Å². The Morgan fingerprint density at radius 1 is 1.26 bits per heavy atom. The minimum atomic E-state index is 0.243. The van der Waals surface area contributed by atoms with Crippen LogP contribution in [0.15, 0.2) is 24.3 Å². The highest BCUT2D eigenvalue weighted by molar-refractivity contribution is 8.00. The molecule has 0 radical (unpaired) electrons. The van der Waals surface area contributed by atoms with Gasteiger partial charge in [-0.3, -0.25) is 11.3 Å². The summed E-state index contributed by atoms with van der Waals surface area (Å²) in [4.78, 5) is 0. The molecule has 1 aliphatic heterocycles. The van der Waals surface area contributed by atoms with Crippen LogP contribution in [0, 0.1) is 0 Å². The van der Waals surface area contributed by atoms with Crippen molar-refractivity contribution in [2.45, 2.75) is 55.7 Å². The molecule has 1 saturated heterocycles. The lowest BCUT2D eigenvalue weighted by Gasteiger charge is -2.33. The van der Waals surface area contributed by atoms with Crippen LogP contribution in [0.3, 0.4) is 0 Å². The van der Waals surface area contributed by atoms with Crippen LogP contribution in [0.25, 0.3) is 0 Å². The van der Waals surface area contributed by atoms with Gasteiger partial charge in [0.1, 0.15) is 0 Å². The van der Waals surface area contributed by atoms with Crippen molar-refractivity contribution in [1.29, 1.82) is 0 Å². The molecule has 3 heteroatoms. The fourth-order valence-electron chi connectivity index (χ4n) is 3.36. The molecule has 19 heavy (non-hydrogen) atoms. The topological polar surface area (TPSA) is 38.0 Å². The highest BCUT2D eigenvalue weighted by Crippen LogP contribution is 2.46. The van der Waals surface area contributed by atoms with Gasteiger partial charge >= 0.3 is 0 Å². The Balaban J connectivity index is 1.79. The smallest absolute Gasteiger partial charge is 0.0604 e. The van der Waals surface area contributed by atoms with E-state index in [-0.39, 0.29) is 10.8 Å². The molecule has 2 atom stereocenters. The van der Waals surface area contributed by atoms with E-state index in [1.54, 1.807) is 0 Å². The second kappa shape index (κ2) is 5.47. The van der Waals surface area contributed by atoms with E-state index in [4.69, 9.17) is 5.84 Å². The second-order valence-corrected chi connectivity index (χ2v) is 7.79. The minimum absolute atomic E-state index is 0.243. The van der Waals surface area contributed by atoms with Gasteiger partial charge in [0, 0.05) is 4.75 Å². The molecular formula is C16H24N2S. The molecule has 104 valence electrons. The Kier molecular flexibility index (Phi) is 3.88. The first-order valence-electron chi connectivity index (χ1n) is 7.43. The zero-order chi connectivity index (χ0) is 13.3. The summed E-state index contributed by atoms with van der Waals surface area (Å²) in [6.07, 6.45) is 6.68. The van der Waals surface area contributed by atoms with Gasteiger partial charge in [-0.25, -0.2) is 0 Å². The van der Waals surface area contributed by atoms with Crippen LogP contribution in [0.5, 0.6) is 0 Å². The summed E-state index contributed by atoms with van der Waals surface area (Å²) in [6.45, 7) is 2.34. The highest BCUT2D eigenvalue weighted by atomic mass is 32.2. The van der Waals surface area contributed by atoms with E-state index in [1.165, 1.54) is 49.0 Å². The van der Waals surface area contributed by atoms with E-state index >= 15 is 0 Å². The number of rotatable bonds is 4. The van der Waals surface area contributed by atoms with Crippen LogP contribution in [-0.4, -0.2) is 10.5 Å². The first kappa shape index (κ1) is 13.5. The monoisotopic (exact) mass is 276 g/mol. The molecule has 1 saturated carbocycles. The number of nitrogens with one attached hydrogen (secondary N) is 1. The van der Waals surface area contributed by atoms with Gasteiger partial charge in [-0.1, -0.05) is 30.7 Å². The third-order valence-electron chi connectivity index (χ3n) is 4.87. The van der Waals surface area contributed by atoms with E-state index in [0.29, 0.717) is 0 Å². The Bertz CT molecular complexity index is 419. The lowest BCUT2D eigenvalue weighted by molar-refractivity contribution is 0.414. The largest absolute Gasteiger partial charge is 0.271 e. The molecule has 1 aromatic carbocycles. The summed E-state index contributed by atoms with van der Waals surface area (Å²) < 4.78 is 0.243. The first-order valence-corrected chi connectivity index (χ1v) is 8.41. The summed E-state index contributed by atoms with van der Waals surface area (Å²) in [6, 6.07) is 9.44. The number of hydrogen-bond acceptors (Lipinski definition) is 3. The van der Waals surface area contributed by atoms with Crippen LogP contribution in [-0.2, 0) is 0 Å². The molecule has 2 aliphatic rings. The third-order valence-corrected chi connectivity index (χ3v) is 6.47. The fraction of sp³-hybridized carbons (Fsp3) is 0.625. The molecule has 2 unspecified atom stereocenters. The standard InChI is InChI=1S/C16H24N2S/c1-16(10-3-11-19-16)15(18-17)14-8-6-13(7-9-14)12-4-2-5-12/h6-9,12,15,18H,2-5,10-11,17H2,1H3. The lowest BCUT2D eigenvalue weighted by Crippen LogP contribution is -2.41. The van der Waals surface area contributed by atoms with Gasteiger partial charge in [0.05, 0.1) is 6.04 Å². The zero-order valence-corrected chi connectivity index (χ0v) is 12.5. The molecule has 1 aliphatic carbocycles. The van der Waals surface area contributed by atoms with E-state index < -0.39 is 0 Å². The molecule has 0 aromatic heterocycles. The molecule has 2 nitrogen and oxygen atoms in total. The van der Waals surface area contributed by atoms with Crippen LogP contribution in [0.4, 0.5) is 0 Å². The molecule has 0 bridgehead atoms. The fourth-order valence-corrected chi connectivity index (χ4v) is 4.77. The molecule has 0 spiro atoms. The average Bonchev–Trinajstić information content (AvgIpc) is 2.78. The summed E-state index contributed by atoms with van der Waals surface area (Å²) >= 11 is 2.06. The Morgan fingerprint density at radius 3 is 2.47 bits per heavy atom. The van der Waals surface area contributed by atoms with Gasteiger partial charge in [0.25, 0.3) is 0 Å². The lowest BCUT2D eigenvalue weighted by atomic mass is 9.79. The highest BCUT2D eigenvalue weighted by Gasteiger charge is 2.38. The zero-order valence-electron chi connectivity index (χ0n) is 11.7. The van der Waals surface area contributed by atoms with Crippen LogP contribution in [0.1, 0.15) is 62.1 Å². The SMILES string of the molecule is CC1(C(NN)c2ccc(C3CCC3)cc2)CCCS1. The van der Waals surface area contributed by atoms with Crippen LogP contribution < -0.4 is 11.3 Å². The number of hydrogen-bond donors (Lipinski definition) is 2. The van der Waals surface area contributed by atoms with E-state index in [0.717, 1.165) is 5.92 Å². The number of thioether (sulfide) groups is 1. The number of benzene rings is 1. The molecule has 1 heterocycles. The first-order chi connectivity index (χ1) is 9.23. The van der Waals surface area contributed by atoms with Crippen molar-refractivity contribution in [2.24, 2.45) is 5.84 Å². The number of nitrogens with two attached hydrogens (primary N) is 1. The van der Waals surface area contributed by atoms with Crippen molar-refractivity contribution in [1.82, 2.24) is 5.43 Å². The predicted octanol–water partition coefficient (Wildman–Crippen LogP) is 3.74. The van der Waals surface area contributed by atoms with Crippen molar-refractivity contribution >= 4 is 11.8 Å². The van der Waals surface area contributed by atoms with Gasteiger partial charge in [-0.05, 0) is 55.4 Å². The molecule has 3 N–H and O–H groups in total. The molecular weight excluding hydrogens is 252 g/mol. The normalized spacial score (nSPS) is 29.2. The molecule has 3 rings (SSSR count). The van der Waals surface area contributed by atoms with Gasteiger partial charge in [-0.2, -0.15) is 11.8 Å². The van der Waals surface area contributed by atoms with Gasteiger partial charge in [0.15, 0.2) is 0 Å². The Morgan fingerprint density at radius 2 is 2.00 bits per heavy atom. The van der Waals surface area contributed by atoms with Crippen molar-refractivity contribution < 1.29 is 0 Å². The van der Waals surface area contributed by atoms with Crippen LogP contribution in [0.2, 0.25) is 0 Å². The second-order valence-electron chi connectivity index (χ2n) is 6.16. The Labute approximate surface area is 120 Å². The van der Waals surface area contributed by atoms with Crippen molar-refractivity contribution in [2.75, 3.05) is 5.75 Å². The number of hydrazine groups is 1. The maximum atomic E-state index is 5.84. The van der Waals surface area contributed by atoms with Crippen molar-refractivity contribution in [3.8, 4) is 0 Å². The van der Waals surface area contributed by atoms with E-state index in [9.17, 15) is 0 Å². The summed E-state index contributed by atoms with van der Waals surface area (Å²) in [5.41, 5.74) is 5.90. The van der Waals surface area contributed by atoms with Gasteiger partial charge < -0.3 is 0 Å². The summed E-state index contributed by atoms with van der Waals surface area (Å²) in [7, 11) is 0. The van der Waals surface area contributed by atoms with E-state index in [2.05, 4.69) is 48.4 Å². The average molecular weight is 276 g/mol. The predicted molar refractivity (Wildman–Crippen MR) is 83.2 cm³/mol. The summed E-state index contributed by atoms with van der Waals surface area (Å²) in [5.74, 6) is 7.92. The van der Waals surface area contributed by atoms with Crippen LogP contribution >= 0.6 is 11.8 Å². The molecule has 1 aromatic rings. The maximum Gasteiger partial charge on any atom is 0.0604 e.